The lowest BCUT2D eigenvalue weighted by Crippen LogP contribution is -2.10. The van der Waals surface area contributed by atoms with Crippen LogP contribution in [0.4, 0.5) is 17.1 Å². The number of fused-ring (bicyclic) bond motifs is 9. The molecule has 10 aromatic carbocycles. The van der Waals surface area contributed by atoms with E-state index in [2.05, 4.69) is 205 Å². The highest BCUT2D eigenvalue weighted by molar-refractivity contribution is 7.25. The van der Waals surface area contributed by atoms with Gasteiger partial charge >= 0.3 is 0 Å². The van der Waals surface area contributed by atoms with Gasteiger partial charge in [0.2, 0.25) is 0 Å². The first-order valence-corrected chi connectivity index (χ1v) is 19.3. The summed E-state index contributed by atoms with van der Waals surface area (Å²) in [6.07, 6.45) is 0. The number of hydrogen-bond donors (Lipinski definition) is 0. The van der Waals surface area contributed by atoms with E-state index in [9.17, 15) is 0 Å². The van der Waals surface area contributed by atoms with Crippen molar-refractivity contribution in [1.82, 2.24) is 0 Å². The molecule has 0 amide bonds. The zero-order valence-corrected chi connectivity index (χ0v) is 30.2. The molecule has 11 rings (SSSR count). The van der Waals surface area contributed by atoms with Crippen molar-refractivity contribution >= 4 is 91.7 Å². The van der Waals surface area contributed by atoms with Gasteiger partial charge in [0.1, 0.15) is 0 Å². The predicted octanol–water partition coefficient (Wildman–Crippen LogP) is 15.5. The van der Waals surface area contributed by atoms with Crippen molar-refractivity contribution in [3.8, 4) is 22.3 Å². The molecule has 0 bridgehead atoms. The molecule has 0 radical (unpaired) electrons. The molecule has 1 nitrogen and oxygen atoms in total. The maximum Gasteiger partial charge on any atom is 0.0540 e. The van der Waals surface area contributed by atoms with Crippen molar-refractivity contribution in [2.24, 2.45) is 0 Å². The number of thiophene rings is 1. The minimum atomic E-state index is 1.13. The Kier molecular flexibility index (Phi) is 7.11. The highest BCUT2D eigenvalue weighted by Gasteiger charge is 2.20. The van der Waals surface area contributed by atoms with Crippen LogP contribution in [0.5, 0.6) is 0 Å². The monoisotopic (exact) mass is 703 g/mol. The van der Waals surface area contributed by atoms with Gasteiger partial charge in [0.05, 0.1) is 5.69 Å². The molecule has 1 aromatic heterocycles. The summed E-state index contributed by atoms with van der Waals surface area (Å²) in [7, 11) is 0. The minimum absolute atomic E-state index is 1.13. The summed E-state index contributed by atoms with van der Waals surface area (Å²) in [5, 5.41) is 12.7. The van der Waals surface area contributed by atoms with E-state index in [4.69, 9.17) is 0 Å². The van der Waals surface area contributed by atoms with Crippen molar-refractivity contribution in [1.29, 1.82) is 0 Å². The molecule has 0 aliphatic rings. The number of anilines is 3. The second-order valence-electron chi connectivity index (χ2n) is 14.0. The van der Waals surface area contributed by atoms with Crippen LogP contribution in [0.2, 0.25) is 0 Å². The first-order chi connectivity index (χ1) is 26.8. The molecule has 0 fully saturated rings. The van der Waals surface area contributed by atoms with Gasteiger partial charge in [-0.3, -0.25) is 0 Å². The Morgan fingerprint density at radius 1 is 0.278 bits per heavy atom. The van der Waals surface area contributed by atoms with Gasteiger partial charge in [-0.05, 0) is 115 Å². The Morgan fingerprint density at radius 2 is 0.741 bits per heavy atom. The van der Waals surface area contributed by atoms with Crippen molar-refractivity contribution in [2.45, 2.75) is 0 Å². The lowest BCUT2D eigenvalue weighted by Gasteiger charge is -2.27. The van der Waals surface area contributed by atoms with Crippen LogP contribution in [-0.2, 0) is 0 Å². The van der Waals surface area contributed by atoms with Crippen LogP contribution < -0.4 is 4.90 Å². The van der Waals surface area contributed by atoms with Crippen LogP contribution in [0, 0.1) is 0 Å². The fraction of sp³-hybridized carbons (Fsp3) is 0. The normalized spacial score (nSPS) is 11.7. The summed E-state index contributed by atoms with van der Waals surface area (Å²) in [4.78, 5) is 2.37. The average molecular weight is 704 g/mol. The van der Waals surface area contributed by atoms with E-state index in [1.165, 1.54) is 85.5 Å². The first kappa shape index (κ1) is 30.8. The third kappa shape index (κ3) is 4.78. The molecule has 1 heterocycles. The topological polar surface area (TPSA) is 3.24 Å². The van der Waals surface area contributed by atoms with Crippen LogP contribution in [-0.4, -0.2) is 0 Å². The highest BCUT2D eigenvalue weighted by Crippen LogP contribution is 2.48. The molecule has 11 aromatic rings. The molecule has 0 atom stereocenters. The second-order valence-corrected chi connectivity index (χ2v) is 15.1. The fourth-order valence-electron chi connectivity index (χ4n) is 8.69. The zero-order chi connectivity index (χ0) is 35.6. The molecule has 54 heavy (non-hydrogen) atoms. The van der Waals surface area contributed by atoms with E-state index in [1.807, 2.05) is 11.3 Å². The van der Waals surface area contributed by atoms with Gasteiger partial charge in [-0.25, -0.2) is 0 Å². The largest absolute Gasteiger partial charge is 0.310 e. The van der Waals surface area contributed by atoms with E-state index < -0.39 is 0 Å². The molecular weight excluding hydrogens is 671 g/mol. The molecular formula is C52H33NS. The molecule has 0 unspecified atom stereocenters. The third-order valence-corrected chi connectivity index (χ3v) is 12.2. The quantitative estimate of drug-likeness (QED) is 0.161. The van der Waals surface area contributed by atoms with Gasteiger partial charge < -0.3 is 4.90 Å². The number of para-hydroxylation sites is 2. The summed E-state index contributed by atoms with van der Waals surface area (Å²) in [6.45, 7) is 0. The van der Waals surface area contributed by atoms with Gasteiger partial charge in [-0.2, -0.15) is 0 Å². The maximum atomic E-state index is 2.46. The Labute approximate surface area is 317 Å². The number of rotatable bonds is 5. The Morgan fingerprint density at radius 3 is 1.35 bits per heavy atom. The third-order valence-electron chi connectivity index (χ3n) is 11.0. The van der Waals surface area contributed by atoms with Crippen LogP contribution >= 0.6 is 11.3 Å². The molecule has 0 saturated carbocycles. The summed E-state index contributed by atoms with van der Waals surface area (Å²) in [6, 6.07) is 73.4. The predicted molar refractivity (Wildman–Crippen MR) is 235 cm³/mol. The SMILES string of the molecule is c1ccc(N(c2ccccc2)c2ccc(-c3cc4c5ccccc5c(-c5cccc6sc7ccccc7c56)cc4c4ccccc34)c3ccccc23)cc1. The van der Waals surface area contributed by atoms with Gasteiger partial charge in [-0.1, -0.05) is 146 Å². The summed E-state index contributed by atoms with van der Waals surface area (Å²) in [5.74, 6) is 0. The molecule has 252 valence electrons. The molecule has 0 spiro atoms. The Bertz CT molecular complexity index is 3170. The second kappa shape index (κ2) is 12.4. The van der Waals surface area contributed by atoms with E-state index >= 15 is 0 Å². The molecule has 0 aliphatic heterocycles. The smallest absolute Gasteiger partial charge is 0.0540 e. The van der Waals surface area contributed by atoms with Crippen LogP contribution in [0.3, 0.4) is 0 Å². The summed E-state index contributed by atoms with van der Waals surface area (Å²) >= 11 is 1.88. The van der Waals surface area contributed by atoms with E-state index in [1.54, 1.807) is 0 Å². The fourth-order valence-corrected chi connectivity index (χ4v) is 9.82. The maximum absolute atomic E-state index is 2.46. The standard InChI is InChI=1S/C52H33NS/c1-3-16-34(17-4-1)53(35-18-5-2-6-19-35)49-31-30-41(36-20-11-12-25-42(36)49)45-32-47-40-24-10-8-22-38(40)46(33-48(47)39-23-9-7-21-37(39)45)43-27-15-29-51-52(43)44-26-13-14-28-50(44)54-51/h1-33H. The average Bonchev–Trinajstić information content (AvgIpc) is 3.63. The Hall–Kier alpha value is -6.74. The van der Waals surface area contributed by atoms with E-state index in [0.29, 0.717) is 0 Å². The van der Waals surface area contributed by atoms with E-state index in [-0.39, 0.29) is 0 Å². The Balaban J connectivity index is 1.19. The van der Waals surface area contributed by atoms with Crippen LogP contribution in [0.15, 0.2) is 200 Å². The summed E-state index contributed by atoms with van der Waals surface area (Å²) < 4.78 is 2.65. The first-order valence-electron chi connectivity index (χ1n) is 18.5. The van der Waals surface area contributed by atoms with Gasteiger partial charge in [-0.15, -0.1) is 11.3 Å². The van der Waals surface area contributed by atoms with Gasteiger partial charge in [0.25, 0.3) is 0 Å². The number of nitrogens with zero attached hydrogens (tertiary/aromatic N) is 1. The van der Waals surface area contributed by atoms with Gasteiger partial charge in [0, 0.05) is 36.9 Å². The highest BCUT2D eigenvalue weighted by atomic mass is 32.1. The van der Waals surface area contributed by atoms with Crippen LogP contribution in [0.1, 0.15) is 0 Å². The molecule has 0 aliphatic carbocycles. The number of hydrogen-bond acceptors (Lipinski definition) is 2. The van der Waals surface area contributed by atoms with Crippen molar-refractivity contribution in [3.05, 3.63) is 200 Å². The molecule has 0 N–H and O–H groups in total. The van der Waals surface area contributed by atoms with Crippen molar-refractivity contribution in [3.63, 3.8) is 0 Å². The lowest BCUT2D eigenvalue weighted by atomic mass is 9.86. The summed E-state index contributed by atoms with van der Waals surface area (Å²) in [5.41, 5.74) is 8.47. The van der Waals surface area contributed by atoms with Crippen molar-refractivity contribution in [2.75, 3.05) is 4.90 Å². The van der Waals surface area contributed by atoms with Crippen LogP contribution in [0.25, 0.3) is 85.5 Å². The van der Waals surface area contributed by atoms with Crippen molar-refractivity contribution < 1.29 is 0 Å². The zero-order valence-electron chi connectivity index (χ0n) is 29.4. The number of benzene rings is 10. The molecule has 2 heteroatoms. The van der Waals surface area contributed by atoms with E-state index in [0.717, 1.165) is 17.1 Å². The molecule has 0 saturated heterocycles. The minimum Gasteiger partial charge on any atom is -0.310 e. The van der Waals surface area contributed by atoms with Gasteiger partial charge in [0.15, 0.2) is 0 Å². The lowest BCUT2D eigenvalue weighted by molar-refractivity contribution is 1.30.